The van der Waals surface area contributed by atoms with Gasteiger partial charge >= 0.3 is 0 Å². The minimum atomic E-state index is 0. The van der Waals surface area contributed by atoms with Gasteiger partial charge in [0.05, 0.1) is 12.7 Å². The second-order valence-electron chi connectivity index (χ2n) is 6.43. The van der Waals surface area contributed by atoms with Crippen LogP contribution >= 0.6 is 12.4 Å². The van der Waals surface area contributed by atoms with E-state index in [2.05, 4.69) is 38.2 Å². The van der Waals surface area contributed by atoms with Crippen molar-refractivity contribution in [3.63, 3.8) is 0 Å². The first-order chi connectivity index (χ1) is 10.6. The zero-order chi connectivity index (χ0) is 15.7. The number of aryl methyl sites for hydroxylation is 1. The van der Waals surface area contributed by atoms with Gasteiger partial charge in [0.1, 0.15) is 5.58 Å². The standard InChI is InChI=1S/C18H24N2O2.ClH/c1-12(2)15-10-16-14(11-22-17(16)8-13(15)3)9-18(21)20-6-4-19-5-7-20;/h8,10-12,19H,4-7,9H2,1-3H3;1H. The number of carbonyl (C=O) groups excluding carboxylic acids is 1. The molecule has 1 N–H and O–H groups in total. The Balaban J connectivity index is 0.00000192. The Morgan fingerprint density at radius 1 is 1.30 bits per heavy atom. The molecule has 1 fully saturated rings. The fourth-order valence-electron chi connectivity index (χ4n) is 3.19. The van der Waals surface area contributed by atoms with Gasteiger partial charge in [-0.1, -0.05) is 13.8 Å². The molecular weight excluding hydrogens is 312 g/mol. The molecule has 2 heterocycles. The lowest BCUT2D eigenvalue weighted by molar-refractivity contribution is -0.131. The molecule has 0 saturated carbocycles. The predicted molar refractivity (Wildman–Crippen MR) is 95.4 cm³/mol. The molecule has 0 spiro atoms. The van der Waals surface area contributed by atoms with Gasteiger partial charge in [-0.15, -0.1) is 12.4 Å². The number of nitrogens with one attached hydrogen (secondary N) is 1. The molecule has 3 rings (SSSR count). The molecule has 0 radical (unpaired) electrons. The SMILES string of the molecule is Cc1cc2occ(CC(=O)N3CCNCC3)c2cc1C(C)C.Cl. The summed E-state index contributed by atoms with van der Waals surface area (Å²) >= 11 is 0. The van der Waals surface area contributed by atoms with Gasteiger partial charge in [-0.2, -0.15) is 0 Å². The third-order valence-corrected chi connectivity index (χ3v) is 4.48. The number of amides is 1. The lowest BCUT2D eigenvalue weighted by Crippen LogP contribution is -2.46. The topological polar surface area (TPSA) is 45.5 Å². The quantitative estimate of drug-likeness (QED) is 0.935. The third-order valence-electron chi connectivity index (χ3n) is 4.48. The van der Waals surface area contributed by atoms with Crippen LogP contribution in [0.5, 0.6) is 0 Å². The van der Waals surface area contributed by atoms with Gasteiger partial charge in [-0.25, -0.2) is 0 Å². The lowest BCUT2D eigenvalue weighted by atomic mass is 9.95. The average molecular weight is 337 g/mol. The number of carbonyl (C=O) groups is 1. The molecule has 1 aliphatic heterocycles. The van der Waals surface area contributed by atoms with Crippen molar-refractivity contribution >= 4 is 29.3 Å². The van der Waals surface area contributed by atoms with Crippen molar-refractivity contribution in [2.24, 2.45) is 0 Å². The number of rotatable bonds is 3. The van der Waals surface area contributed by atoms with Crippen LogP contribution in [0.25, 0.3) is 11.0 Å². The van der Waals surface area contributed by atoms with Crippen molar-refractivity contribution in [1.82, 2.24) is 10.2 Å². The van der Waals surface area contributed by atoms with E-state index < -0.39 is 0 Å². The minimum Gasteiger partial charge on any atom is -0.464 e. The first-order valence-corrected chi connectivity index (χ1v) is 8.05. The number of hydrogen-bond donors (Lipinski definition) is 1. The highest BCUT2D eigenvalue weighted by Crippen LogP contribution is 2.29. The molecule has 1 saturated heterocycles. The number of halogens is 1. The summed E-state index contributed by atoms with van der Waals surface area (Å²) in [7, 11) is 0. The molecule has 0 atom stereocenters. The Kier molecular flexibility index (Phi) is 5.71. The van der Waals surface area contributed by atoms with E-state index in [9.17, 15) is 4.79 Å². The van der Waals surface area contributed by atoms with Crippen LogP contribution in [0, 0.1) is 6.92 Å². The number of fused-ring (bicyclic) bond motifs is 1. The summed E-state index contributed by atoms with van der Waals surface area (Å²) < 4.78 is 5.67. The number of piperazine rings is 1. The maximum absolute atomic E-state index is 12.5. The summed E-state index contributed by atoms with van der Waals surface area (Å²) in [6, 6.07) is 4.28. The summed E-state index contributed by atoms with van der Waals surface area (Å²) in [5.41, 5.74) is 4.45. The number of hydrogen-bond acceptors (Lipinski definition) is 3. The minimum absolute atomic E-state index is 0. The molecule has 0 bridgehead atoms. The molecule has 1 aliphatic rings. The van der Waals surface area contributed by atoms with E-state index in [0.717, 1.165) is 42.7 Å². The molecule has 5 heteroatoms. The summed E-state index contributed by atoms with van der Waals surface area (Å²) in [6.07, 6.45) is 2.17. The molecule has 0 unspecified atom stereocenters. The van der Waals surface area contributed by atoms with Crippen LogP contribution in [0.3, 0.4) is 0 Å². The second-order valence-corrected chi connectivity index (χ2v) is 6.43. The highest BCUT2D eigenvalue weighted by molar-refractivity contribution is 5.88. The van der Waals surface area contributed by atoms with Crippen LogP contribution in [-0.4, -0.2) is 37.0 Å². The van der Waals surface area contributed by atoms with Crippen molar-refractivity contribution in [2.45, 2.75) is 33.1 Å². The molecular formula is C18H25ClN2O2. The van der Waals surface area contributed by atoms with E-state index in [1.165, 1.54) is 11.1 Å². The molecule has 1 amide bonds. The molecule has 126 valence electrons. The largest absolute Gasteiger partial charge is 0.464 e. The number of nitrogens with zero attached hydrogens (tertiary/aromatic N) is 1. The normalized spacial score (nSPS) is 15.0. The van der Waals surface area contributed by atoms with Crippen molar-refractivity contribution in [3.8, 4) is 0 Å². The van der Waals surface area contributed by atoms with Crippen LogP contribution in [0.2, 0.25) is 0 Å². The van der Waals surface area contributed by atoms with Gasteiger partial charge in [0.2, 0.25) is 5.91 Å². The second kappa shape index (κ2) is 7.37. The molecule has 0 aliphatic carbocycles. The first kappa shape index (κ1) is 17.8. The fourth-order valence-corrected chi connectivity index (χ4v) is 3.19. The Morgan fingerprint density at radius 2 is 2.00 bits per heavy atom. The molecule has 1 aromatic carbocycles. The van der Waals surface area contributed by atoms with Gasteiger partial charge in [-0.05, 0) is 36.1 Å². The van der Waals surface area contributed by atoms with E-state index in [4.69, 9.17) is 4.42 Å². The predicted octanol–water partition coefficient (Wildman–Crippen LogP) is 3.26. The maximum atomic E-state index is 12.5. The van der Waals surface area contributed by atoms with Gasteiger partial charge in [-0.3, -0.25) is 4.79 Å². The van der Waals surface area contributed by atoms with Gasteiger partial charge in [0, 0.05) is 37.1 Å². The van der Waals surface area contributed by atoms with Crippen LogP contribution in [0.15, 0.2) is 22.8 Å². The Hall–Kier alpha value is -1.52. The third kappa shape index (κ3) is 3.70. The first-order valence-electron chi connectivity index (χ1n) is 8.05. The van der Waals surface area contributed by atoms with Gasteiger partial charge < -0.3 is 14.6 Å². The zero-order valence-corrected chi connectivity index (χ0v) is 14.8. The molecule has 4 nitrogen and oxygen atoms in total. The number of benzene rings is 1. The van der Waals surface area contributed by atoms with E-state index in [0.29, 0.717) is 12.3 Å². The average Bonchev–Trinajstić information content (AvgIpc) is 2.89. The van der Waals surface area contributed by atoms with Crippen molar-refractivity contribution in [1.29, 1.82) is 0 Å². The van der Waals surface area contributed by atoms with Crippen LogP contribution < -0.4 is 5.32 Å². The summed E-state index contributed by atoms with van der Waals surface area (Å²) in [4.78, 5) is 14.4. The van der Waals surface area contributed by atoms with Gasteiger partial charge in [0.15, 0.2) is 0 Å². The highest BCUT2D eigenvalue weighted by Gasteiger charge is 2.19. The lowest BCUT2D eigenvalue weighted by Gasteiger charge is -2.27. The van der Waals surface area contributed by atoms with Gasteiger partial charge in [0.25, 0.3) is 0 Å². The smallest absolute Gasteiger partial charge is 0.227 e. The molecule has 2 aromatic rings. The van der Waals surface area contributed by atoms with Crippen molar-refractivity contribution in [2.75, 3.05) is 26.2 Å². The molecule has 23 heavy (non-hydrogen) atoms. The Labute approximate surface area is 143 Å². The fraction of sp³-hybridized carbons (Fsp3) is 0.500. The summed E-state index contributed by atoms with van der Waals surface area (Å²) in [6.45, 7) is 9.86. The summed E-state index contributed by atoms with van der Waals surface area (Å²) in [5.74, 6) is 0.659. The zero-order valence-electron chi connectivity index (χ0n) is 14.0. The Bertz CT molecular complexity index is 688. The van der Waals surface area contributed by atoms with E-state index >= 15 is 0 Å². The van der Waals surface area contributed by atoms with E-state index in [-0.39, 0.29) is 18.3 Å². The van der Waals surface area contributed by atoms with Crippen molar-refractivity contribution in [3.05, 3.63) is 35.1 Å². The monoisotopic (exact) mass is 336 g/mol. The van der Waals surface area contributed by atoms with Crippen LogP contribution in [0.4, 0.5) is 0 Å². The summed E-state index contributed by atoms with van der Waals surface area (Å²) in [5, 5.41) is 4.35. The van der Waals surface area contributed by atoms with Crippen molar-refractivity contribution < 1.29 is 9.21 Å². The van der Waals surface area contributed by atoms with Crippen LogP contribution in [-0.2, 0) is 11.2 Å². The molecule has 1 aromatic heterocycles. The van der Waals surface area contributed by atoms with E-state index in [1.54, 1.807) is 6.26 Å². The van der Waals surface area contributed by atoms with Crippen LogP contribution in [0.1, 0.15) is 36.5 Å². The van der Waals surface area contributed by atoms with E-state index in [1.807, 2.05) is 4.90 Å². The number of furan rings is 1. The Morgan fingerprint density at radius 3 is 2.65 bits per heavy atom. The highest BCUT2D eigenvalue weighted by atomic mass is 35.5. The maximum Gasteiger partial charge on any atom is 0.227 e.